The maximum absolute atomic E-state index is 13.2. The Balaban J connectivity index is 1.82. The molecule has 0 aromatic heterocycles. The third kappa shape index (κ3) is 4.39. The van der Waals surface area contributed by atoms with E-state index in [-0.39, 0.29) is 30.1 Å². The molecule has 29 heavy (non-hydrogen) atoms. The van der Waals surface area contributed by atoms with Gasteiger partial charge < -0.3 is 19.7 Å². The number of rotatable bonds is 8. The van der Waals surface area contributed by atoms with Crippen LogP contribution >= 0.6 is 0 Å². The summed E-state index contributed by atoms with van der Waals surface area (Å²) >= 11 is 0. The molecular formula is C19H28N3O6S+. The van der Waals surface area contributed by atoms with Crippen LogP contribution in [0, 0.1) is 0 Å². The number of imide groups is 1. The molecule has 0 bridgehead atoms. The number of hydrogen-bond acceptors (Lipinski definition) is 6. The van der Waals surface area contributed by atoms with E-state index < -0.39 is 21.4 Å². The highest BCUT2D eigenvalue weighted by atomic mass is 32.2. The van der Waals surface area contributed by atoms with Gasteiger partial charge in [-0.15, -0.1) is 0 Å². The van der Waals surface area contributed by atoms with Gasteiger partial charge in [0, 0.05) is 13.5 Å². The van der Waals surface area contributed by atoms with E-state index in [0.717, 1.165) is 4.90 Å². The molecule has 1 unspecified atom stereocenters. The summed E-state index contributed by atoms with van der Waals surface area (Å²) < 4.78 is 34.2. The van der Waals surface area contributed by atoms with Gasteiger partial charge in [0.1, 0.15) is 29.6 Å². The Kier molecular flexibility index (Phi) is 6.16. The van der Waals surface area contributed by atoms with Gasteiger partial charge in [0.2, 0.25) is 0 Å². The Labute approximate surface area is 170 Å². The summed E-state index contributed by atoms with van der Waals surface area (Å²) in [6.07, 6.45) is 0.512. The molecule has 10 heteroatoms. The maximum atomic E-state index is 13.2. The lowest BCUT2D eigenvalue weighted by atomic mass is 9.92. The van der Waals surface area contributed by atoms with E-state index in [0.29, 0.717) is 30.9 Å². The summed E-state index contributed by atoms with van der Waals surface area (Å²) in [6, 6.07) is 6.37. The highest BCUT2D eigenvalue weighted by Crippen LogP contribution is 2.30. The molecule has 2 fully saturated rings. The first kappa shape index (κ1) is 21.5. The second kappa shape index (κ2) is 8.29. The fourth-order valence-corrected chi connectivity index (χ4v) is 5.76. The molecule has 1 aromatic rings. The average molecular weight is 427 g/mol. The van der Waals surface area contributed by atoms with Gasteiger partial charge >= 0.3 is 6.03 Å². The Hall–Kier alpha value is -2.17. The highest BCUT2D eigenvalue weighted by molar-refractivity contribution is 7.91. The SMILES string of the molecule is COCC[NH+](CN1C(=O)N[C@@](C)(c2cccc(OC)c2)C1=O)[C@@H]1CCS(=O)(=O)C1. The number of amides is 3. The van der Waals surface area contributed by atoms with Crippen molar-refractivity contribution in [1.29, 1.82) is 0 Å². The molecule has 2 heterocycles. The predicted molar refractivity (Wildman–Crippen MR) is 105 cm³/mol. The van der Waals surface area contributed by atoms with E-state index >= 15 is 0 Å². The quantitative estimate of drug-likeness (QED) is 0.524. The molecule has 3 atom stereocenters. The number of methoxy groups -OCH3 is 2. The van der Waals surface area contributed by atoms with Crippen molar-refractivity contribution in [2.45, 2.75) is 24.9 Å². The first-order valence-electron chi connectivity index (χ1n) is 9.53. The van der Waals surface area contributed by atoms with E-state index in [4.69, 9.17) is 9.47 Å². The molecule has 2 saturated heterocycles. The summed E-state index contributed by atoms with van der Waals surface area (Å²) in [4.78, 5) is 27.9. The number of carbonyl (C=O) groups is 2. The molecule has 0 radical (unpaired) electrons. The van der Waals surface area contributed by atoms with Gasteiger partial charge in [0.25, 0.3) is 5.91 Å². The van der Waals surface area contributed by atoms with Gasteiger partial charge in [0.05, 0.1) is 19.5 Å². The monoisotopic (exact) mass is 426 g/mol. The summed E-state index contributed by atoms with van der Waals surface area (Å²) in [7, 11) is 0.0240. The minimum Gasteiger partial charge on any atom is -0.497 e. The zero-order valence-corrected chi connectivity index (χ0v) is 17.8. The highest BCUT2D eigenvalue weighted by Gasteiger charge is 2.51. The normalized spacial score (nSPS) is 27.1. The summed E-state index contributed by atoms with van der Waals surface area (Å²) in [5, 5.41) is 2.79. The van der Waals surface area contributed by atoms with E-state index in [9.17, 15) is 18.0 Å². The summed E-state index contributed by atoms with van der Waals surface area (Å²) in [5.74, 6) is 0.415. The number of nitrogens with one attached hydrogen (secondary N) is 2. The molecule has 9 nitrogen and oxygen atoms in total. The van der Waals surface area contributed by atoms with Gasteiger partial charge in [-0.3, -0.25) is 4.79 Å². The van der Waals surface area contributed by atoms with Crippen molar-refractivity contribution in [2.24, 2.45) is 0 Å². The minimum absolute atomic E-state index is 0.0584. The number of carbonyl (C=O) groups excluding carboxylic acids is 2. The molecular weight excluding hydrogens is 398 g/mol. The fourth-order valence-electron chi connectivity index (χ4n) is 3.94. The molecule has 2 aliphatic heterocycles. The predicted octanol–water partition coefficient (Wildman–Crippen LogP) is -0.862. The molecule has 160 valence electrons. The smallest absolute Gasteiger partial charge is 0.329 e. The number of ether oxygens (including phenoxy) is 2. The van der Waals surface area contributed by atoms with Gasteiger partial charge in [-0.1, -0.05) is 12.1 Å². The van der Waals surface area contributed by atoms with Gasteiger partial charge in [-0.25, -0.2) is 18.1 Å². The first-order chi connectivity index (χ1) is 13.7. The topological polar surface area (TPSA) is 106 Å². The fraction of sp³-hybridized carbons (Fsp3) is 0.579. The van der Waals surface area contributed by atoms with Gasteiger partial charge in [-0.2, -0.15) is 0 Å². The molecule has 1 aromatic carbocycles. The lowest BCUT2D eigenvalue weighted by Gasteiger charge is -2.28. The van der Waals surface area contributed by atoms with Crippen LogP contribution in [0.2, 0.25) is 0 Å². The van der Waals surface area contributed by atoms with Crippen LogP contribution in [0.1, 0.15) is 18.9 Å². The van der Waals surface area contributed by atoms with Gasteiger partial charge in [-0.05, 0) is 24.6 Å². The Morgan fingerprint density at radius 2 is 2.07 bits per heavy atom. The van der Waals surface area contributed by atoms with Crippen LogP contribution in [-0.2, 0) is 24.9 Å². The van der Waals surface area contributed by atoms with Crippen LogP contribution < -0.4 is 15.0 Å². The van der Waals surface area contributed by atoms with Crippen LogP contribution in [0.4, 0.5) is 4.79 Å². The third-order valence-electron chi connectivity index (χ3n) is 5.72. The number of hydrogen-bond donors (Lipinski definition) is 2. The number of quaternary nitrogens is 1. The van der Waals surface area contributed by atoms with Crippen LogP contribution in [0.5, 0.6) is 5.75 Å². The molecule has 3 amide bonds. The Morgan fingerprint density at radius 3 is 2.69 bits per heavy atom. The van der Waals surface area contributed by atoms with Crippen molar-refractivity contribution >= 4 is 21.8 Å². The second-order valence-corrected chi connectivity index (χ2v) is 9.91. The standard InChI is InChI=1S/C19H27N3O6S/c1-19(14-5-4-6-16(11-14)28-3)17(23)22(18(24)20-19)13-21(8-9-27-2)15-7-10-29(25,26)12-15/h4-6,11,15H,7-10,12-13H2,1-3H3,(H,20,24)/p+1/t15-,19+/m1/s1. The summed E-state index contributed by atoms with van der Waals surface area (Å²) in [5.41, 5.74) is -0.584. The Morgan fingerprint density at radius 1 is 1.31 bits per heavy atom. The van der Waals surface area contributed by atoms with E-state index in [2.05, 4.69) is 5.32 Å². The van der Waals surface area contributed by atoms with E-state index in [1.807, 2.05) is 0 Å². The van der Waals surface area contributed by atoms with E-state index in [1.165, 1.54) is 12.0 Å². The van der Waals surface area contributed by atoms with Gasteiger partial charge in [0.15, 0.2) is 16.5 Å². The molecule has 2 N–H and O–H groups in total. The van der Waals surface area contributed by atoms with Crippen LogP contribution in [0.25, 0.3) is 0 Å². The average Bonchev–Trinajstić information content (AvgIpc) is 3.16. The number of benzene rings is 1. The maximum Gasteiger partial charge on any atom is 0.329 e. The largest absolute Gasteiger partial charge is 0.497 e. The zero-order valence-electron chi connectivity index (χ0n) is 16.9. The van der Waals surface area contributed by atoms with Crippen molar-refractivity contribution in [3.05, 3.63) is 29.8 Å². The number of sulfone groups is 1. The molecule has 0 aliphatic carbocycles. The lowest BCUT2D eigenvalue weighted by Crippen LogP contribution is -3.18. The lowest BCUT2D eigenvalue weighted by molar-refractivity contribution is -0.929. The minimum atomic E-state index is -3.08. The van der Waals surface area contributed by atoms with Crippen LogP contribution in [-0.4, -0.2) is 76.8 Å². The Bertz CT molecular complexity index is 890. The van der Waals surface area contributed by atoms with Crippen molar-refractivity contribution in [1.82, 2.24) is 10.2 Å². The first-order valence-corrected chi connectivity index (χ1v) is 11.3. The van der Waals surface area contributed by atoms with Crippen molar-refractivity contribution in [3.63, 3.8) is 0 Å². The number of nitrogens with zero attached hydrogens (tertiary/aromatic N) is 1. The zero-order chi connectivity index (χ0) is 21.2. The molecule has 2 aliphatic rings. The molecule has 3 rings (SSSR count). The third-order valence-corrected chi connectivity index (χ3v) is 7.49. The second-order valence-electron chi connectivity index (χ2n) is 7.68. The molecule has 0 saturated carbocycles. The van der Waals surface area contributed by atoms with Crippen molar-refractivity contribution in [3.8, 4) is 5.75 Å². The van der Waals surface area contributed by atoms with Crippen molar-refractivity contribution in [2.75, 3.05) is 45.5 Å². The van der Waals surface area contributed by atoms with E-state index in [1.54, 1.807) is 38.3 Å². The van der Waals surface area contributed by atoms with Crippen molar-refractivity contribution < 1.29 is 32.4 Å². The van der Waals surface area contributed by atoms with Crippen LogP contribution in [0.15, 0.2) is 24.3 Å². The molecule has 0 spiro atoms. The number of urea groups is 1. The van der Waals surface area contributed by atoms with Crippen LogP contribution in [0.3, 0.4) is 0 Å². The summed E-state index contributed by atoms with van der Waals surface area (Å²) in [6.45, 7) is 2.66.